The molecule has 2 aliphatic heterocycles. The molecule has 0 atom stereocenters. The van der Waals surface area contributed by atoms with E-state index >= 15 is 0 Å². The Hall–Kier alpha value is -4.19. The van der Waals surface area contributed by atoms with Crippen molar-refractivity contribution in [3.05, 3.63) is 72.9 Å². The highest BCUT2D eigenvalue weighted by Crippen LogP contribution is 2.35. The van der Waals surface area contributed by atoms with Crippen LogP contribution >= 0.6 is 0 Å². The number of halogens is 1. The first-order valence-electron chi connectivity index (χ1n) is 14.0. The zero-order valence-corrected chi connectivity index (χ0v) is 22.7. The molecular weight excluding hydrogens is 523 g/mol. The highest BCUT2D eigenvalue weighted by Gasteiger charge is 2.24. The summed E-state index contributed by atoms with van der Waals surface area (Å²) in [6.45, 7) is 5.68. The average molecular weight is 557 g/mol. The molecule has 6 rings (SSSR count). The minimum absolute atomic E-state index is 0.0678. The van der Waals surface area contributed by atoms with Gasteiger partial charge in [-0.25, -0.2) is 14.4 Å². The fourth-order valence-corrected chi connectivity index (χ4v) is 5.33. The van der Waals surface area contributed by atoms with Crippen molar-refractivity contribution in [1.29, 1.82) is 0 Å². The van der Waals surface area contributed by atoms with Gasteiger partial charge in [0.1, 0.15) is 11.6 Å². The first kappa shape index (κ1) is 27.0. The van der Waals surface area contributed by atoms with Crippen LogP contribution in [0, 0.1) is 5.82 Å². The minimum atomic E-state index is -0.298. The number of carbonyl (C=O) groups excluding carboxylic acids is 1. The third-order valence-electron chi connectivity index (χ3n) is 7.39. The first-order chi connectivity index (χ1) is 20.1. The predicted octanol–water partition coefficient (Wildman–Crippen LogP) is 3.71. The van der Waals surface area contributed by atoms with Gasteiger partial charge in [-0.3, -0.25) is 9.69 Å². The quantitative estimate of drug-likeness (QED) is 0.302. The Kier molecular flexibility index (Phi) is 8.26. The molecule has 10 nitrogen and oxygen atoms in total. The van der Waals surface area contributed by atoms with Gasteiger partial charge < -0.3 is 25.3 Å². The number of ether oxygens (including phenoxy) is 1. The molecule has 4 aromatic rings. The number of anilines is 1. The molecule has 2 aliphatic rings. The van der Waals surface area contributed by atoms with Crippen LogP contribution in [0.4, 0.5) is 10.1 Å². The summed E-state index contributed by atoms with van der Waals surface area (Å²) in [7, 11) is 0. The smallest absolute Gasteiger partial charge is 0.322 e. The summed E-state index contributed by atoms with van der Waals surface area (Å²) >= 11 is 0. The lowest BCUT2D eigenvalue weighted by molar-refractivity contribution is -0.117. The van der Waals surface area contributed by atoms with Crippen LogP contribution in [0.25, 0.3) is 22.6 Å². The van der Waals surface area contributed by atoms with E-state index in [0.29, 0.717) is 23.7 Å². The fraction of sp³-hybridized carbons (Fsp3) is 0.333. The van der Waals surface area contributed by atoms with Crippen molar-refractivity contribution in [2.24, 2.45) is 0 Å². The summed E-state index contributed by atoms with van der Waals surface area (Å²) < 4.78 is 21.9. The van der Waals surface area contributed by atoms with Crippen molar-refractivity contribution in [1.82, 2.24) is 35.1 Å². The van der Waals surface area contributed by atoms with E-state index < -0.39 is 0 Å². The van der Waals surface area contributed by atoms with E-state index in [1.165, 1.54) is 12.1 Å². The molecule has 212 valence electrons. The molecule has 0 saturated carbocycles. The van der Waals surface area contributed by atoms with Crippen LogP contribution in [0.2, 0.25) is 0 Å². The summed E-state index contributed by atoms with van der Waals surface area (Å²) in [5.74, 6) is 0.141. The molecule has 2 fully saturated rings. The number of nitrogens with one attached hydrogen (secondary N) is 3. The number of hydrogen-bond acceptors (Lipinski definition) is 8. The van der Waals surface area contributed by atoms with Gasteiger partial charge in [0.05, 0.1) is 30.0 Å². The number of rotatable bonds is 8. The number of aromatic nitrogens is 4. The second-order valence-corrected chi connectivity index (χ2v) is 10.3. The number of piperazine rings is 1. The fourth-order valence-electron chi connectivity index (χ4n) is 5.33. The normalized spacial score (nSPS) is 16.4. The van der Waals surface area contributed by atoms with Gasteiger partial charge in [0.25, 0.3) is 0 Å². The molecule has 11 heteroatoms. The number of carbonyl (C=O) groups is 1. The van der Waals surface area contributed by atoms with Crippen molar-refractivity contribution in [2.45, 2.75) is 18.9 Å². The Morgan fingerprint density at radius 2 is 1.78 bits per heavy atom. The lowest BCUT2D eigenvalue weighted by Crippen LogP contribution is -2.46. The molecule has 0 bridgehead atoms. The molecule has 1 amide bonds. The Balaban J connectivity index is 1.24. The molecule has 41 heavy (non-hydrogen) atoms. The van der Waals surface area contributed by atoms with Crippen LogP contribution in [0.3, 0.4) is 0 Å². The molecular formula is C30H33FN8O2. The van der Waals surface area contributed by atoms with Gasteiger partial charge in [0.15, 0.2) is 0 Å². The van der Waals surface area contributed by atoms with Crippen molar-refractivity contribution in [3.8, 4) is 34.4 Å². The number of amides is 1. The van der Waals surface area contributed by atoms with Crippen molar-refractivity contribution in [2.75, 3.05) is 51.1 Å². The monoisotopic (exact) mass is 556 g/mol. The van der Waals surface area contributed by atoms with E-state index in [1.54, 1.807) is 30.5 Å². The summed E-state index contributed by atoms with van der Waals surface area (Å²) in [5, 5.41) is 9.66. The molecule has 0 aliphatic carbocycles. The molecule has 0 spiro atoms. The maximum Gasteiger partial charge on any atom is 0.322 e. The maximum atomic E-state index is 13.7. The summed E-state index contributed by atoms with van der Waals surface area (Å²) in [5.41, 5.74) is 3.67. The van der Waals surface area contributed by atoms with Gasteiger partial charge in [-0.1, -0.05) is 6.07 Å². The summed E-state index contributed by atoms with van der Waals surface area (Å²) in [6, 6.07) is 15.8. The Morgan fingerprint density at radius 3 is 2.59 bits per heavy atom. The highest BCUT2D eigenvalue weighted by atomic mass is 19.1. The number of benzene rings is 2. The maximum absolute atomic E-state index is 13.7. The van der Waals surface area contributed by atoms with E-state index in [2.05, 4.69) is 30.4 Å². The number of piperidine rings is 1. The molecule has 0 radical (unpaired) electrons. The number of hydrogen-bond donors (Lipinski definition) is 3. The third-order valence-corrected chi connectivity index (χ3v) is 7.39. The van der Waals surface area contributed by atoms with Crippen molar-refractivity contribution < 1.29 is 13.9 Å². The Bertz CT molecular complexity index is 1480. The van der Waals surface area contributed by atoms with E-state index in [4.69, 9.17) is 14.7 Å². The van der Waals surface area contributed by atoms with Gasteiger partial charge in [0, 0.05) is 55.7 Å². The number of nitrogens with zero attached hydrogens (tertiary/aromatic N) is 5. The van der Waals surface area contributed by atoms with Crippen LogP contribution in [0.5, 0.6) is 11.8 Å². The van der Waals surface area contributed by atoms with Crippen LogP contribution in [0.15, 0.2) is 67.1 Å². The zero-order valence-electron chi connectivity index (χ0n) is 22.7. The first-order valence-corrected chi connectivity index (χ1v) is 14.0. The van der Waals surface area contributed by atoms with Crippen molar-refractivity contribution >= 4 is 11.6 Å². The van der Waals surface area contributed by atoms with E-state index in [9.17, 15) is 9.18 Å². The van der Waals surface area contributed by atoms with Crippen LogP contribution < -0.4 is 20.7 Å². The summed E-state index contributed by atoms with van der Waals surface area (Å²) in [6.07, 6.45) is 5.44. The Labute approximate surface area is 238 Å². The molecule has 3 N–H and O–H groups in total. The van der Waals surface area contributed by atoms with E-state index in [0.717, 1.165) is 69.1 Å². The average Bonchev–Trinajstić information content (AvgIpc) is 3.44. The zero-order chi connectivity index (χ0) is 28.0. The summed E-state index contributed by atoms with van der Waals surface area (Å²) in [4.78, 5) is 28.5. The number of imidazole rings is 1. The van der Waals surface area contributed by atoms with E-state index in [1.807, 2.05) is 24.5 Å². The van der Waals surface area contributed by atoms with Crippen LogP contribution in [-0.4, -0.2) is 76.1 Å². The molecule has 0 unspecified atom stereocenters. The van der Waals surface area contributed by atoms with Crippen LogP contribution in [-0.2, 0) is 4.79 Å². The standard InChI is InChI=1S/C30H33FN8O2/c31-22-6-4-21(5-7-22)28-29(39(20-35-28)24-8-11-32-12-9-24)26-10-13-34-30(37-26)41-25-3-1-2-23(18-25)36-27(40)19-38-16-14-33-15-17-38/h1-7,10,13,18,20,24,32-33H,8-9,11-12,14-17,19H2,(H,36,40). The van der Waals surface area contributed by atoms with Gasteiger partial charge in [0.2, 0.25) is 5.91 Å². The molecule has 2 aromatic carbocycles. The molecule has 2 aromatic heterocycles. The third kappa shape index (κ3) is 6.59. The van der Waals surface area contributed by atoms with Gasteiger partial charge in [-0.2, -0.15) is 4.98 Å². The molecule has 2 saturated heterocycles. The second-order valence-electron chi connectivity index (χ2n) is 10.3. The van der Waals surface area contributed by atoms with Gasteiger partial charge >= 0.3 is 6.01 Å². The van der Waals surface area contributed by atoms with Gasteiger partial charge in [-0.05, 0) is 68.4 Å². The highest BCUT2D eigenvalue weighted by molar-refractivity contribution is 5.92. The molecule has 4 heterocycles. The SMILES string of the molecule is O=C(CN1CCNCC1)Nc1cccc(Oc2nccc(-c3c(-c4ccc(F)cc4)ncn3C3CCNCC3)n2)c1. The predicted molar refractivity (Wildman–Crippen MR) is 154 cm³/mol. The largest absolute Gasteiger partial charge is 0.424 e. The lowest BCUT2D eigenvalue weighted by Gasteiger charge is -2.26. The minimum Gasteiger partial charge on any atom is -0.424 e. The lowest BCUT2D eigenvalue weighted by atomic mass is 10.0. The van der Waals surface area contributed by atoms with Gasteiger partial charge in [-0.15, -0.1) is 0 Å². The van der Waals surface area contributed by atoms with Crippen LogP contribution in [0.1, 0.15) is 18.9 Å². The Morgan fingerprint density at radius 1 is 1.00 bits per heavy atom. The second kappa shape index (κ2) is 12.5. The van der Waals surface area contributed by atoms with E-state index in [-0.39, 0.29) is 23.8 Å². The topological polar surface area (TPSA) is 109 Å². The van der Waals surface area contributed by atoms with Crippen molar-refractivity contribution in [3.63, 3.8) is 0 Å².